The molecule has 0 unspecified atom stereocenters. The van der Waals surface area contributed by atoms with Crippen LogP contribution in [-0.2, 0) is 6.54 Å². The molecule has 0 spiro atoms. The Morgan fingerprint density at radius 2 is 1.84 bits per heavy atom. The van der Waals surface area contributed by atoms with Crippen LogP contribution in [0, 0.1) is 18.6 Å². The molecule has 0 saturated heterocycles. The minimum atomic E-state index is -0.917. The van der Waals surface area contributed by atoms with E-state index >= 15 is 0 Å². The second kappa shape index (κ2) is 5.80. The predicted molar refractivity (Wildman–Crippen MR) is 70.4 cm³/mol. The molecule has 0 fully saturated rings. The lowest BCUT2D eigenvalue weighted by Gasteiger charge is -2.12. The van der Waals surface area contributed by atoms with Crippen LogP contribution in [-0.4, -0.2) is 7.05 Å². The van der Waals surface area contributed by atoms with Crippen molar-refractivity contribution in [1.29, 1.82) is 0 Å². The summed E-state index contributed by atoms with van der Waals surface area (Å²) in [6, 6.07) is 9.22. The summed E-state index contributed by atoms with van der Waals surface area (Å²) in [4.78, 5) is 0. The Morgan fingerprint density at radius 1 is 1.05 bits per heavy atom. The number of hydrogen-bond donors (Lipinski definition) is 1. The Labute approximate surface area is 111 Å². The molecule has 0 saturated carbocycles. The van der Waals surface area contributed by atoms with Crippen LogP contribution in [0.25, 0.3) is 0 Å². The number of aryl methyl sites for hydroxylation is 1. The van der Waals surface area contributed by atoms with Crippen LogP contribution in [0.4, 0.5) is 8.78 Å². The fourth-order valence-electron chi connectivity index (χ4n) is 1.80. The van der Waals surface area contributed by atoms with E-state index in [1.807, 2.05) is 32.2 Å². The Kier molecular flexibility index (Phi) is 4.12. The smallest absolute Gasteiger partial charge is 0.162 e. The van der Waals surface area contributed by atoms with E-state index in [2.05, 4.69) is 5.32 Å². The molecule has 0 radical (unpaired) electrons. The van der Waals surface area contributed by atoms with Crippen LogP contribution >= 0.6 is 0 Å². The third kappa shape index (κ3) is 3.29. The van der Waals surface area contributed by atoms with Crippen LogP contribution in [0.15, 0.2) is 36.4 Å². The number of hydrogen-bond acceptors (Lipinski definition) is 2. The normalized spacial score (nSPS) is 10.5. The molecule has 0 bridgehead atoms. The molecule has 4 heteroatoms. The standard InChI is InChI=1S/C15H15F2NO/c1-10-3-6-15(11(7-10)9-18-2)19-12-4-5-13(16)14(17)8-12/h3-8,18H,9H2,1-2H3. The zero-order chi connectivity index (χ0) is 13.8. The summed E-state index contributed by atoms with van der Waals surface area (Å²) in [7, 11) is 1.84. The molecule has 2 aromatic carbocycles. The molecule has 2 aromatic rings. The fraction of sp³-hybridized carbons (Fsp3) is 0.200. The lowest BCUT2D eigenvalue weighted by atomic mass is 10.1. The van der Waals surface area contributed by atoms with E-state index in [4.69, 9.17) is 4.74 Å². The van der Waals surface area contributed by atoms with Gasteiger partial charge in [0.05, 0.1) is 0 Å². The van der Waals surface area contributed by atoms with Gasteiger partial charge in [-0.15, -0.1) is 0 Å². The quantitative estimate of drug-likeness (QED) is 0.906. The van der Waals surface area contributed by atoms with Crippen molar-refractivity contribution < 1.29 is 13.5 Å². The van der Waals surface area contributed by atoms with Gasteiger partial charge in [-0.2, -0.15) is 0 Å². The van der Waals surface area contributed by atoms with Gasteiger partial charge in [0.1, 0.15) is 11.5 Å². The van der Waals surface area contributed by atoms with Gasteiger partial charge in [0.15, 0.2) is 11.6 Å². The van der Waals surface area contributed by atoms with Crippen molar-refractivity contribution in [3.05, 3.63) is 59.2 Å². The van der Waals surface area contributed by atoms with Gasteiger partial charge >= 0.3 is 0 Å². The van der Waals surface area contributed by atoms with Crippen LogP contribution in [0.3, 0.4) is 0 Å². The number of rotatable bonds is 4. The van der Waals surface area contributed by atoms with E-state index in [1.165, 1.54) is 6.07 Å². The first kappa shape index (κ1) is 13.5. The van der Waals surface area contributed by atoms with Crippen molar-refractivity contribution in [2.45, 2.75) is 13.5 Å². The predicted octanol–water partition coefficient (Wildman–Crippen LogP) is 3.78. The van der Waals surface area contributed by atoms with E-state index in [1.54, 1.807) is 0 Å². The first-order chi connectivity index (χ1) is 9.10. The van der Waals surface area contributed by atoms with Gasteiger partial charge in [-0.3, -0.25) is 0 Å². The highest BCUT2D eigenvalue weighted by Crippen LogP contribution is 2.27. The summed E-state index contributed by atoms with van der Waals surface area (Å²) >= 11 is 0. The fourth-order valence-corrected chi connectivity index (χ4v) is 1.80. The van der Waals surface area contributed by atoms with Crippen LogP contribution in [0.5, 0.6) is 11.5 Å². The molecule has 0 aliphatic heterocycles. The van der Waals surface area contributed by atoms with E-state index < -0.39 is 11.6 Å². The SMILES string of the molecule is CNCc1cc(C)ccc1Oc1ccc(F)c(F)c1. The molecular weight excluding hydrogens is 248 g/mol. The molecule has 0 heterocycles. The first-order valence-corrected chi connectivity index (χ1v) is 5.97. The maximum absolute atomic E-state index is 13.1. The molecule has 0 atom stereocenters. The number of halogens is 2. The summed E-state index contributed by atoms with van der Waals surface area (Å²) in [6.45, 7) is 2.63. The second-order valence-corrected chi connectivity index (χ2v) is 4.32. The Morgan fingerprint density at radius 3 is 2.53 bits per heavy atom. The molecule has 2 nitrogen and oxygen atoms in total. The van der Waals surface area contributed by atoms with Crippen molar-refractivity contribution in [3.8, 4) is 11.5 Å². The largest absolute Gasteiger partial charge is 0.457 e. The zero-order valence-electron chi connectivity index (χ0n) is 10.8. The highest BCUT2D eigenvalue weighted by Gasteiger charge is 2.07. The third-order valence-electron chi connectivity index (χ3n) is 2.70. The molecule has 0 aromatic heterocycles. The third-order valence-corrected chi connectivity index (χ3v) is 2.70. The lowest BCUT2D eigenvalue weighted by molar-refractivity contribution is 0.456. The van der Waals surface area contributed by atoms with E-state index in [-0.39, 0.29) is 5.75 Å². The topological polar surface area (TPSA) is 21.3 Å². The Balaban J connectivity index is 2.29. The number of nitrogens with one attached hydrogen (secondary N) is 1. The van der Waals surface area contributed by atoms with Crippen molar-refractivity contribution >= 4 is 0 Å². The van der Waals surface area contributed by atoms with Crippen molar-refractivity contribution in [2.75, 3.05) is 7.05 Å². The zero-order valence-corrected chi connectivity index (χ0v) is 10.8. The maximum atomic E-state index is 13.1. The molecular formula is C15H15F2NO. The lowest BCUT2D eigenvalue weighted by Crippen LogP contribution is -2.06. The summed E-state index contributed by atoms with van der Waals surface area (Å²) in [5.41, 5.74) is 2.08. The summed E-state index contributed by atoms with van der Waals surface area (Å²) in [5.74, 6) is -0.891. The van der Waals surface area contributed by atoms with Crippen molar-refractivity contribution in [3.63, 3.8) is 0 Å². The van der Waals surface area contributed by atoms with Crippen molar-refractivity contribution in [1.82, 2.24) is 5.32 Å². The Hall–Kier alpha value is -1.94. The van der Waals surface area contributed by atoms with Gasteiger partial charge in [-0.25, -0.2) is 8.78 Å². The van der Waals surface area contributed by atoms with Gasteiger partial charge < -0.3 is 10.1 Å². The molecule has 1 N–H and O–H groups in total. The average molecular weight is 263 g/mol. The number of benzene rings is 2. The van der Waals surface area contributed by atoms with Gasteiger partial charge in [0, 0.05) is 18.2 Å². The van der Waals surface area contributed by atoms with Gasteiger partial charge in [0.2, 0.25) is 0 Å². The van der Waals surface area contributed by atoms with Crippen LogP contribution in [0.2, 0.25) is 0 Å². The van der Waals surface area contributed by atoms with Crippen LogP contribution < -0.4 is 10.1 Å². The minimum Gasteiger partial charge on any atom is -0.457 e. The van der Waals surface area contributed by atoms with Crippen molar-refractivity contribution in [2.24, 2.45) is 0 Å². The number of ether oxygens (including phenoxy) is 1. The molecule has 0 aliphatic carbocycles. The van der Waals surface area contributed by atoms with E-state index in [9.17, 15) is 8.78 Å². The summed E-state index contributed by atoms with van der Waals surface area (Å²) < 4.78 is 31.6. The van der Waals surface area contributed by atoms with Gasteiger partial charge in [-0.05, 0) is 32.2 Å². The van der Waals surface area contributed by atoms with Crippen LogP contribution in [0.1, 0.15) is 11.1 Å². The van der Waals surface area contributed by atoms with Gasteiger partial charge in [-0.1, -0.05) is 17.7 Å². The van der Waals surface area contributed by atoms with Gasteiger partial charge in [0.25, 0.3) is 0 Å². The van der Waals surface area contributed by atoms with E-state index in [0.29, 0.717) is 12.3 Å². The highest BCUT2D eigenvalue weighted by atomic mass is 19.2. The monoisotopic (exact) mass is 263 g/mol. The summed E-state index contributed by atoms with van der Waals surface area (Å²) in [6.07, 6.45) is 0. The van der Waals surface area contributed by atoms with E-state index in [0.717, 1.165) is 23.3 Å². The Bertz CT molecular complexity index is 584. The molecule has 0 aliphatic rings. The molecule has 19 heavy (non-hydrogen) atoms. The molecule has 2 rings (SSSR count). The first-order valence-electron chi connectivity index (χ1n) is 5.97. The minimum absolute atomic E-state index is 0.278. The summed E-state index contributed by atoms with van der Waals surface area (Å²) in [5, 5.41) is 3.04. The maximum Gasteiger partial charge on any atom is 0.162 e. The second-order valence-electron chi connectivity index (χ2n) is 4.32. The molecule has 0 amide bonds. The molecule has 100 valence electrons. The highest BCUT2D eigenvalue weighted by molar-refractivity contribution is 5.40. The average Bonchev–Trinajstić information content (AvgIpc) is 2.37.